The van der Waals surface area contributed by atoms with Crippen molar-refractivity contribution in [2.24, 2.45) is 0 Å². The minimum absolute atomic E-state index is 0.250. The summed E-state index contributed by atoms with van der Waals surface area (Å²) in [4.78, 5) is 15.1. The first-order chi connectivity index (χ1) is 9.87. The lowest BCUT2D eigenvalue weighted by Gasteiger charge is -2.40. The molecule has 0 radical (unpaired) electrons. The van der Waals surface area contributed by atoms with Crippen LogP contribution in [0.1, 0.15) is 32.2 Å². The number of hydrogen-bond acceptors (Lipinski definition) is 4. The topological polar surface area (TPSA) is 50.2 Å². The number of hydrogen-bond donors (Lipinski definition) is 1. The zero-order valence-electron chi connectivity index (χ0n) is 13.4. The van der Waals surface area contributed by atoms with Crippen molar-refractivity contribution in [3.8, 4) is 0 Å². The molecule has 0 aliphatic carbocycles. The van der Waals surface area contributed by atoms with E-state index in [0.29, 0.717) is 6.42 Å². The molecule has 0 aromatic carbocycles. The van der Waals surface area contributed by atoms with Crippen LogP contribution in [0, 0.1) is 6.92 Å². The van der Waals surface area contributed by atoms with Crippen molar-refractivity contribution in [2.75, 3.05) is 26.2 Å². The Morgan fingerprint density at radius 1 is 1.38 bits per heavy atom. The van der Waals surface area contributed by atoms with Gasteiger partial charge in [-0.15, -0.1) is 0 Å². The predicted octanol–water partition coefficient (Wildman–Crippen LogP) is 1.77. The lowest BCUT2D eigenvalue weighted by atomic mass is 9.92. The molecular formula is C15H25BrN4O. The Hall–Kier alpha value is -0.720. The summed E-state index contributed by atoms with van der Waals surface area (Å²) in [5, 5.41) is 7.80. The molecule has 6 heteroatoms. The van der Waals surface area contributed by atoms with E-state index in [-0.39, 0.29) is 5.78 Å². The number of rotatable bonds is 5. The summed E-state index contributed by atoms with van der Waals surface area (Å²) in [6, 6.07) is 0. The molecule has 2 rings (SSSR count). The third-order valence-electron chi connectivity index (χ3n) is 4.37. The van der Waals surface area contributed by atoms with Gasteiger partial charge in [0.05, 0.1) is 27.8 Å². The molecule has 1 aliphatic rings. The molecule has 21 heavy (non-hydrogen) atoms. The number of carbonyl (C=O) groups is 1. The van der Waals surface area contributed by atoms with Crippen molar-refractivity contribution in [1.29, 1.82) is 0 Å². The monoisotopic (exact) mass is 356 g/mol. The van der Waals surface area contributed by atoms with E-state index in [2.05, 4.69) is 31.2 Å². The third kappa shape index (κ3) is 3.38. The van der Waals surface area contributed by atoms with Gasteiger partial charge in [-0.2, -0.15) is 5.10 Å². The fourth-order valence-corrected chi connectivity index (χ4v) is 3.23. The minimum Gasteiger partial charge on any atom is -0.314 e. The van der Waals surface area contributed by atoms with E-state index < -0.39 is 5.54 Å². The molecule has 1 aromatic rings. The van der Waals surface area contributed by atoms with Gasteiger partial charge in [0.25, 0.3) is 0 Å². The van der Waals surface area contributed by atoms with Crippen LogP contribution in [0.15, 0.2) is 4.47 Å². The van der Waals surface area contributed by atoms with Crippen LogP contribution in [0.2, 0.25) is 0 Å². The van der Waals surface area contributed by atoms with Crippen LogP contribution >= 0.6 is 15.9 Å². The molecule has 1 aromatic heterocycles. The van der Waals surface area contributed by atoms with Crippen LogP contribution in [0.5, 0.6) is 0 Å². The number of nitrogens with one attached hydrogen (secondary N) is 1. The molecule has 2 heterocycles. The Labute approximate surface area is 135 Å². The molecular weight excluding hydrogens is 332 g/mol. The molecule has 0 bridgehead atoms. The third-order valence-corrected chi connectivity index (χ3v) is 5.40. The maximum atomic E-state index is 12.8. The predicted molar refractivity (Wildman–Crippen MR) is 87.6 cm³/mol. The Morgan fingerprint density at radius 3 is 2.57 bits per heavy atom. The van der Waals surface area contributed by atoms with Gasteiger partial charge in [-0.05, 0) is 43.6 Å². The van der Waals surface area contributed by atoms with Gasteiger partial charge in [0.2, 0.25) is 0 Å². The van der Waals surface area contributed by atoms with E-state index >= 15 is 0 Å². The number of ketones is 1. The molecule has 0 amide bonds. The number of aromatic nitrogens is 2. The summed E-state index contributed by atoms with van der Waals surface area (Å²) in [7, 11) is 0. The number of nitrogens with zero attached hydrogens (tertiary/aromatic N) is 3. The summed E-state index contributed by atoms with van der Waals surface area (Å²) in [6.07, 6.45) is 0.423. The second-order valence-electron chi connectivity index (χ2n) is 6.06. The maximum absolute atomic E-state index is 12.8. The Morgan fingerprint density at radius 2 is 2.00 bits per heavy atom. The summed E-state index contributed by atoms with van der Waals surface area (Å²) < 4.78 is 2.89. The van der Waals surface area contributed by atoms with E-state index in [1.807, 2.05) is 32.4 Å². The molecule has 1 saturated heterocycles. The van der Waals surface area contributed by atoms with Crippen LogP contribution in [-0.4, -0.2) is 52.2 Å². The smallest absolute Gasteiger partial charge is 0.158 e. The molecule has 0 spiro atoms. The number of piperazine rings is 1. The van der Waals surface area contributed by atoms with Crippen molar-refractivity contribution >= 4 is 21.7 Å². The molecule has 1 fully saturated rings. The summed E-state index contributed by atoms with van der Waals surface area (Å²) in [5.41, 5.74) is 1.50. The summed E-state index contributed by atoms with van der Waals surface area (Å²) in [6.45, 7) is 12.6. The molecule has 5 nitrogen and oxygen atoms in total. The highest BCUT2D eigenvalue weighted by molar-refractivity contribution is 9.10. The first kappa shape index (κ1) is 16.6. The van der Waals surface area contributed by atoms with E-state index in [0.717, 1.165) is 48.6 Å². The summed E-state index contributed by atoms with van der Waals surface area (Å²) >= 11 is 3.57. The van der Waals surface area contributed by atoms with Gasteiger partial charge < -0.3 is 5.32 Å². The van der Waals surface area contributed by atoms with Gasteiger partial charge in [-0.3, -0.25) is 14.4 Å². The largest absolute Gasteiger partial charge is 0.314 e. The van der Waals surface area contributed by atoms with Gasteiger partial charge in [-0.1, -0.05) is 0 Å². The fourth-order valence-electron chi connectivity index (χ4n) is 2.81. The summed E-state index contributed by atoms with van der Waals surface area (Å²) in [5.74, 6) is 0.250. The highest BCUT2D eigenvalue weighted by Crippen LogP contribution is 2.25. The first-order valence-electron chi connectivity index (χ1n) is 7.58. The lowest BCUT2D eigenvalue weighted by Crippen LogP contribution is -2.57. The molecule has 0 atom stereocenters. The number of aryl methyl sites for hydroxylation is 2. The second kappa shape index (κ2) is 6.58. The quantitative estimate of drug-likeness (QED) is 0.873. The maximum Gasteiger partial charge on any atom is 0.158 e. The molecule has 1 N–H and O–H groups in total. The van der Waals surface area contributed by atoms with Crippen molar-refractivity contribution in [2.45, 2.75) is 46.2 Å². The van der Waals surface area contributed by atoms with Crippen molar-refractivity contribution in [3.63, 3.8) is 0 Å². The van der Waals surface area contributed by atoms with Crippen LogP contribution in [-0.2, 0) is 17.8 Å². The zero-order chi connectivity index (χ0) is 15.6. The van der Waals surface area contributed by atoms with Crippen molar-refractivity contribution in [1.82, 2.24) is 20.0 Å². The van der Waals surface area contributed by atoms with Gasteiger partial charge >= 0.3 is 0 Å². The van der Waals surface area contributed by atoms with Crippen LogP contribution < -0.4 is 5.32 Å². The van der Waals surface area contributed by atoms with Crippen molar-refractivity contribution in [3.05, 3.63) is 15.9 Å². The van der Waals surface area contributed by atoms with Crippen LogP contribution in [0.3, 0.4) is 0 Å². The molecule has 0 unspecified atom stereocenters. The Balaban J connectivity index is 2.17. The standard InChI is InChI=1S/C15H25BrN4O/c1-5-20-12(14(16)11(2)18-20)10-13(21)15(3,4)19-8-6-17-7-9-19/h17H,5-10H2,1-4H3. The average molecular weight is 357 g/mol. The lowest BCUT2D eigenvalue weighted by molar-refractivity contribution is -0.129. The molecule has 118 valence electrons. The van der Waals surface area contributed by atoms with Gasteiger partial charge in [-0.25, -0.2) is 0 Å². The zero-order valence-corrected chi connectivity index (χ0v) is 15.0. The van der Waals surface area contributed by atoms with Crippen LogP contribution in [0.25, 0.3) is 0 Å². The molecule has 0 saturated carbocycles. The van der Waals surface area contributed by atoms with E-state index in [9.17, 15) is 4.79 Å². The Bertz CT molecular complexity index is 518. The highest BCUT2D eigenvalue weighted by atomic mass is 79.9. The number of carbonyl (C=O) groups excluding carboxylic acids is 1. The molecule has 1 aliphatic heterocycles. The van der Waals surface area contributed by atoms with E-state index in [4.69, 9.17) is 0 Å². The van der Waals surface area contributed by atoms with Crippen LogP contribution in [0.4, 0.5) is 0 Å². The number of halogens is 1. The highest BCUT2D eigenvalue weighted by Gasteiger charge is 2.35. The fraction of sp³-hybridized carbons (Fsp3) is 0.733. The van der Waals surface area contributed by atoms with Gasteiger partial charge in [0, 0.05) is 32.7 Å². The van der Waals surface area contributed by atoms with Gasteiger partial charge in [0.15, 0.2) is 5.78 Å². The van der Waals surface area contributed by atoms with E-state index in [1.54, 1.807) is 0 Å². The average Bonchev–Trinajstić information content (AvgIpc) is 2.75. The minimum atomic E-state index is -0.432. The normalized spacial score (nSPS) is 17.2. The van der Waals surface area contributed by atoms with Gasteiger partial charge in [0.1, 0.15) is 0 Å². The Kier molecular flexibility index (Phi) is 5.22. The SMILES string of the molecule is CCn1nc(C)c(Br)c1CC(=O)C(C)(C)N1CCNCC1. The second-order valence-corrected chi connectivity index (χ2v) is 6.85. The van der Waals surface area contributed by atoms with Crippen molar-refractivity contribution < 1.29 is 4.79 Å². The van der Waals surface area contributed by atoms with E-state index in [1.165, 1.54) is 0 Å². The first-order valence-corrected chi connectivity index (χ1v) is 8.38. The number of Topliss-reactive ketones (excluding diaryl/α,β-unsaturated/α-hetero) is 1.